The number of benzene rings is 2. The molecule has 2 aromatic carbocycles. The molecule has 1 heterocycles. The number of aromatic nitrogens is 3. The second-order valence-electron chi connectivity index (χ2n) is 5.35. The molecular formula is C18H17N3O2. The maximum Gasteiger partial charge on any atom is 0.172 e. The Labute approximate surface area is 134 Å². The molecule has 0 aliphatic carbocycles. The van der Waals surface area contributed by atoms with Crippen molar-refractivity contribution in [1.29, 1.82) is 0 Å². The molecular weight excluding hydrogens is 290 g/mol. The average molecular weight is 307 g/mol. The Kier molecular flexibility index (Phi) is 3.93. The lowest BCUT2D eigenvalue weighted by molar-refractivity contribution is 0.111. The summed E-state index contributed by atoms with van der Waals surface area (Å²) in [5, 5.41) is 8.15. The zero-order chi connectivity index (χ0) is 16.4. The molecule has 3 rings (SSSR count). The van der Waals surface area contributed by atoms with Crippen molar-refractivity contribution in [1.82, 2.24) is 15.0 Å². The molecule has 0 amide bonds. The first-order valence-corrected chi connectivity index (χ1v) is 7.27. The van der Waals surface area contributed by atoms with E-state index in [1.165, 1.54) is 5.56 Å². The summed E-state index contributed by atoms with van der Waals surface area (Å²) in [5.41, 5.74) is 5.01. The third-order valence-corrected chi connectivity index (χ3v) is 3.89. The lowest BCUT2D eigenvalue weighted by Crippen LogP contribution is -2.01. The summed E-state index contributed by atoms with van der Waals surface area (Å²) in [6.45, 7) is 4.10. The fourth-order valence-electron chi connectivity index (χ4n) is 2.45. The maximum atomic E-state index is 11.4. The highest BCUT2D eigenvalue weighted by molar-refractivity contribution is 5.84. The minimum Gasteiger partial charge on any atom is -0.497 e. The Bertz CT molecular complexity index is 868. The van der Waals surface area contributed by atoms with E-state index in [0.717, 1.165) is 23.1 Å². The number of carbonyl (C=O) groups is 1. The summed E-state index contributed by atoms with van der Waals surface area (Å²) in [4.78, 5) is 11.4. The molecule has 0 bridgehead atoms. The standard InChI is InChI=1S/C18H17N3O2/c1-12-7-8-15(9-13(12)2)21-18(17(11-22)19-20-21)14-5-4-6-16(10-14)23-3/h4-11H,1-3H3. The predicted octanol–water partition coefficient (Wildman–Crippen LogP) is 3.37. The predicted molar refractivity (Wildman–Crippen MR) is 88.2 cm³/mol. The van der Waals surface area contributed by atoms with E-state index in [1.807, 2.05) is 49.4 Å². The molecule has 0 spiro atoms. The highest BCUT2D eigenvalue weighted by Gasteiger charge is 2.16. The van der Waals surface area contributed by atoms with Crippen molar-refractivity contribution in [3.05, 3.63) is 59.3 Å². The Balaban J connectivity index is 2.21. The van der Waals surface area contributed by atoms with Gasteiger partial charge < -0.3 is 4.74 Å². The van der Waals surface area contributed by atoms with Crippen LogP contribution in [0.1, 0.15) is 21.6 Å². The van der Waals surface area contributed by atoms with E-state index in [4.69, 9.17) is 4.74 Å². The quantitative estimate of drug-likeness (QED) is 0.693. The normalized spacial score (nSPS) is 10.6. The number of hydrogen-bond donors (Lipinski definition) is 0. The molecule has 0 saturated heterocycles. The Morgan fingerprint density at radius 3 is 2.61 bits per heavy atom. The first kappa shape index (κ1) is 15.0. The summed E-state index contributed by atoms with van der Waals surface area (Å²) in [5.74, 6) is 0.715. The molecule has 0 fully saturated rings. The molecule has 0 unspecified atom stereocenters. The number of carbonyl (C=O) groups excluding carboxylic acids is 1. The summed E-state index contributed by atoms with van der Waals surface area (Å²) in [7, 11) is 1.61. The van der Waals surface area contributed by atoms with Crippen molar-refractivity contribution < 1.29 is 9.53 Å². The van der Waals surface area contributed by atoms with E-state index < -0.39 is 0 Å². The largest absolute Gasteiger partial charge is 0.497 e. The molecule has 1 aromatic heterocycles. The van der Waals surface area contributed by atoms with Gasteiger partial charge in [0.25, 0.3) is 0 Å². The van der Waals surface area contributed by atoms with Crippen LogP contribution in [0.2, 0.25) is 0 Å². The smallest absolute Gasteiger partial charge is 0.172 e. The van der Waals surface area contributed by atoms with Crippen molar-refractivity contribution in [3.63, 3.8) is 0 Å². The van der Waals surface area contributed by atoms with Gasteiger partial charge in [0.2, 0.25) is 0 Å². The van der Waals surface area contributed by atoms with Crippen molar-refractivity contribution in [3.8, 4) is 22.7 Å². The van der Waals surface area contributed by atoms with Gasteiger partial charge in [-0.25, -0.2) is 4.68 Å². The van der Waals surface area contributed by atoms with Gasteiger partial charge in [-0.1, -0.05) is 23.4 Å². The monoisotopic (exact) mass is 307 g/mol. The fraction of sp³-hybridized carbons (Fsp3) is 0.167. The van der Waals surface area contributed by atoms with Crippen molar-refractivity contribution in [2.45, 2.75) is 13.8 Å². The van der Waals surface area contributed by atoms with Gasteiger partial charge in [0.1, 0.15) is 11.4 Å². The van der Waals surface area contributed by atoms with Crippen molar-refractivity contribution in [2.75, 3.05) is 7.11 Å². The summed E-state index contributed by atoms with van der Waals surface area (Å²) >= 11 is 0. The van der Waals surface area contributed by atoms with E-state index in [2.05, 4.69) is 17.2 Å². The van der Waals surface area contributed by atoms with Crippen LogP contribution in [0.25, 0.3) is 16.9 Å². The lowest BCUT2D eigenvalue weighted by Gasteiger charge is -2.10. The fourth-order valence-corrected chi connectivity index (χ4v) is 2.45. The molecule has 5 nitrogen and oxygen atoms in total. The topological polar surface area (TPSA) is 57.0 Å². The van der Waals surface area contributed by atoms with Gasteiger partial charge in [0, 0.05) is 5.56 Å². The first-order chi connectivity index (χ1) is 11.1. The van der Waals surface area contributed by atoms with E-state index in [9.17, 15) is 4.79 Å². The van der Waals surface area contributed by atoms with Crippen LogP contribution in [0.15, 0.2) is 42.5 Å². The average Bonchev–Trinajstić information content (AvgIpc) is 3.01. The number of ether oxygens (including phenoxy) is 1. The highest BCUT2D eigenvalue weighted by atomic mass is 16.5. The third kappa shape index (κ3) is 2.73. The van der Waals surface area contributed by atoms with Crippen LogP contribution in [0.3, 0.4) is 0 Å². The zero-order valence-corrected chi connectivity index (χ0v) is 13.3. The van der Waals surface area contributed by atoms with E-state index >= 15 is 0 Å². The van der Waals surface area contributed by atoms with Gasteiger partial charge in [-0.2, -0.15) is 0 Å². The lowest BCUT2D eigenvalue weighted by atomic mass is 10.1. The number of nitrogens with zero attached hydrogens (tertiary/aromatic N) is 3. The van der Waals surface area contributed by atoms with Crippen molar-refractivity contribution in [2.24, 2.45) is 0 Å². The molecule has 0 aliphatic rings. The number of methoxy groups -OCH3 is 1. The minimum atomic E-state index is 0.302. The highest BCUT2D eigenvalue weighted by Crippen LogP contribution is 2.28. The molecule has 0 saturated carbocycles. The van der Waals surface area contributed by atoms with Gasteiger partial charge in [-0.05, 0) is 49.2 Å². The molecule has 5 heteroatoms. The zero-order valence-electron chi connectivity index (χ0n) is 13.3. The molecule has 3 aromatic rings. The summed E-state index contributed by atoms with van der Waals surface area (Å²) < 4.78 is 6.95. The van der Waals surface area contributed by atoms with Crippen LogP contribution in [-0.4, -0.2) is 28.4 Å². The number of rotatable bonds is 4. The second kappa shape index (κ2) is 6.04. The summed E-state index contributed by atoms with van der Waals surface area (Å²) in [6.07, 6.45) is 0.722. The molecule has 0 atom stereocenters. The molecule has 23 heavy (non-hydrogen) atoms. The summed E-state index contributed by atoms with van der Waals surface area (Å²) in [6, 6.07) is 13.5. The maximum absolute atomic E-state index is 11.4. The SMILES string of the molecule is COc1cccc(-c2c(C=O)nnn2-c2ccc(C)c(C)c2)c1. The molecule has 0 aliphatic heterocycles. The molecule has 0 radical (unpaired) electrons. The minimum absolute atomic E-state index is 0.302. The van der Waals surface area contributed by atoms with Crippen LogP contribution in [0.4, 0.5) is 0 Å². The number of aryl methyl sites for hydroxylation is 2. The van der Waals surface area contributed by atoms with Crippen LogP contribution in [0, 0.1) is 13.8 Å². The van der Waals surface area contributed by atoms with Gasteiger partial charge in [0.15, 0.2) is 12.0 Å². The van der Waals surface area contributed by atoms with Crippen LogP contribution < -0.4 is 4.74 Å². The van der Waals surface area contributed by atoms with Crippen LogP contribution in [0.5, 0.6) is 5.75 Å². The Morgan fingerprint density at radius 1 is 1.09 bits per heavy atom. The van der Waals surface area contributed by atoms with Crippen LogP contribution >= 0.6 is 0 Å². The van der Waals surface area contributed by atoms with Gasteiger partial charge in [0.05, 0.1) is 12.8 Å². The van der Waals surface area contributed by atoms with E-state index in [0.29, 0.717) is 17.1 Å². The van der Waals surface area contributed by atoms with Gasteiger partial charge in [-0.15, -0.1) is 5.10 Å². The van der Waals surface area contributed by atoms with Crippen LogP contribution in [-0.2, 0) is 0 Å². The first-order valence-electron chi connectivity index (χ1n) is 7.27. The van der Waals surface area contributed by atoms with E-state index in [-0.39, 0.29) is 0 Å². The Morgan fingerprint density at radius 2 is 1.91 bits per heavy atom. The van der Waals surface area contributed by atoms with Crippen molar-refractivity contribution >= 4 is 6.29 Å². The van der Waals surface area contributed by atoms with Gasteiger partial charge in [-0.3, -0.25) is 4.79 Å². The van der Waals surface area contributed by atoms with Gasteiger partial charge >= 0.3 is 0 Å². The third-order valence-electron chi connectivity index (χ3n) is 3.89. The Hall–Kier alpha value is -2.95. The number of hydrogen-bond acceptors (Lipinski definition) is 4. The molecule has 116 valence electrons. The van der Waals surface area contributed by atoms with E-state index in [1.54, 1.807) is 11.8 Å². The second-order valence-corrected chi connectivity index (χ2v) is 5.35. The molecule has 0 N–H and O–H groups in total. The number of aldehydes is 1.